The monoisotopic (exact) mass is 676 g/mol. The van der Waals surface area contributed by atoms with Crippen molar-refractivity contribution in [1.82, 2.24) is 0 Å². The van der Waals surface area contributed by atoms with Gasteiger partial charge in [0.25, 0.3) is 0 Å². The minimum Gasteiger partial charge on any atom is -0.497 e. The number of carbonyl (C=O) groups excluding carboxylic acids is 1. The predicted molar refractivity (Wildman–Crippen MR) is 170 cm³/mol. The first-order valence-electron chi connectivity index (χ1n) is 13.1. The summed E-state index contributed by atoms with van der Waals surface area (Å²) in [6, 6.07) is 31.5. The summed E-state index contributed by atoms with van der Waals surface area (Å²) in [5, 5.41) is 3.57. The number of nitrogens with zero attached hydrogens (tertiary/aromatic N) is 1. The average molecular weight is 678 g/mol. The van der Waals surface area contributed by atoms with Crippen molar-refractivity contribution in [1.29, 1.82) is 0 Å². The first-order valence-corrected chi connectivity index (χ1v) is 14.7. The Morgan fingerprint density at radius 3 is 1.76 bits per heavy atom. The minimum absolute atomic E-state index is 0.125. The Morgan fingerprint density at radius 2 is 1.24 bits per heavy atom. The van der Waals surface area contributed by atoms with Crippen LogP contribution in [0.15, 0.2) is 117 Å². The summed E-state index contributed by atoms with van der Waals surface area (Å²) < 4.78 is 18.3. The van der Waals surface area contributed by atoms with Crippen LogP contribution < -0.4 is 19.7 Å². The molecule has 210 valence electrons. The van der Waals surface area contributed by atoms with Gasteiger partial charge in [-0.25, -0.2) is 4.79 Å². The van der Waals surface area contributed by atoms with Crippen LogP contribution in [0.5, 0.6) is 11.5 Å². The maximum atomic E-state index is 13.7. The molecule has 41 heavy (non-hydrogen) atoms. The number of hydrogen-bond acceptors (Lipinski definition) is 6. The molecule has 2 atom stereocenters. The molecule has 0 spiro atoms. The lowest BCUT2D eigenvalue weighted by Crippen LogP contribution is -2.41. The van der Waals surface area contributed by atoms with Gasteiger partial charge in [-0.1, -0.05) is 56.1 Å². The first kappa shape index (κ1) is 28.8. The number of hydrogen-bond donors (Lipinski definition) is 1. The Labute approximate surface area is 257 Å². The molecule has 5 rings (SSSR count). The zero-order chi connectivity index (χ0) is 28.9. The zero-order valence-corrected chi connectivity index (χ0v) is 26.1. The molecule has 1 N–H and O–H groups in total. The van der Waals surface area contributed by atoms with Gasteiger partial charge in [-0.3, -0.25) is 0 Å². The van der Waals surface area contributed by atoms with Crippen molar-refractivity contribution in [3.05, 3.63) is 128 Å². The van der Waals surface area contributed by atoms with Gasteiger partial charge in [0.1, 0.15) is 11.5 Å². The topological polar surface area (TPSA) is 60.0 Å². The molecule has 4 aromatic carbocycles. The molecule has 1 aliphatic rings. The van der Waals surface area contributed by atoms with Crippen molar-refractivity contribution in [2.45, 2.75) is 18.5 Å². The molecule has 8 heteroatoms. The van der Waals surface area contributed by atoms with E-state index in [1.807, 2.05) is 72.8 Å². The number of ether oxygens (including phenoxy) is 3. The zero-order valence-electron chi connectivity index (χ0n) is 22.9. The molecule has 0 saturated carbocycles. The van der Waals surface area contributed by atoms with E-state index in [-0.39, 0.29) is 12.0 Å². The van der Waals surface area contributed by atoms with Crippen LogP contribution in [0.1, 0.15) is 29.6 Å². The van der Waals surface area contributed by atoms with Crippen molar-refractivity contribution < 1.29 is 19.0 Å². The second-order valence-corrected chi connectivity index (χ2v) is 11.4. The molecule has 4 aromatic rings. The third kappa shape index (κ3) is 6.29. The lowest BCUT2D eigenvalue weighted by molar-refractivity contribution is -0.136. The van der Waals surface area contributed by atoms with Crippen LogP contribution in [0.25, 0.3) is 0 Å². The SMILES string of the molecule is COC(=O)C1=C(Nc2ccc(Br)cc2)CC(c2ccc(OC)cc2)N(c2ccc(Br)cc2)C1c1ccc(OC)cc1. The standard InChI is InChI=1S/C33H30Br2N2O4/c1-39-27-16-4-21(5-17-27)30-20-29(36-25-12-8-23(34)9-13-25)31(33(38)41-3)32(22-6-18-28(40-2)19-7-22)37(30)26-14-10-24(35)11-15-26/h4-19,30,32,36H,20H2,1-3H3. The second kappa shape index (κ2) is 12.8. The van der Waals surface area contributed by atoms with Crippen molar-refractivity contribution in [3.63, 3.8) is 0 Å². The maximum absolute atomic E-state index is 13.7. The van der Waals surface area contributed by atoms with E-state index in [1.54, 1.807) is 14.2 Å². The summed E-state index contributed by atoms with van der Waals surface area (Å²) in [7, 11) is 4.73. The van der Waals surface area contributed by atoms with Crippen molar-refractivity contribution >= 4 is 49.2 Å². The van der Waals surface area contributed by atoms with E-state index in [0.29, 0.717) is 12.0 Å². The summed E-state index contributed by atoms with van der Waals surface area (Å²) >= 11 is 7.09. The third-order valence-corrected chi connectivity index (χ3v) is 8.27. The van der Waals surface area contributed by atoms with Crippen molar-refractivity contribution in [3.8, 4) is 11.5 Å². The highest BCUT2D eigenvalue weighted by Gasteiger charge is 2.41. The Hall–Kier alpha value is -3.75. The van der Waals surface area contributed by atoms with E-state index >= 15 is 0 Å². The number of nitrogens with one attached hydrogen (secondary N) is 1. The van der Waals surface area contributed by atoms with E-state index in [4.69, 9.17) is 14.2 Å². The van der Waals surface area contributed by atoms with Gasteiger partial charge in [0.15, 0.2) is 0 Å². The van der Waals surface area contributed by atoms with Crippen LogP contribution in [0, 0.1) is 0 Å². The number of methoxy groups -OCH3 is 3. The summed E-state index contributed by atoms with van der Waals surface area (Å²) in [5.74, 6) is 1.13. The van der Waals surface area contributed by atoms with Crippen molar-refractivity contribution in [2.75, 3.05) is 31.5 Å². The molecule has 2 unspecified atom stereocenters. The Kier molecular flexibility index (Phi) is 9.00. The number of rotatable bonds is 8. The lowest BCUT2D eigenvalue weighted by Gasteiger charge is -2.46. The van der Waals surface area contributed by atoms with Gasteiger partial charge in [0, 0.05) is 32.4 Å². The minimum atomic E-state index is -0.465. The van der Waals surface area contributed by atoms with Gasteiger partial charge < -0.3 is 24.4 Å². The average Bonchev–Trinajstić information content (AvgIpc) is 3.02. The molecule has 0 aromatic heterocycles. The van der Waals surface area contributed by atoms with Crippen LogP contribution >= 0.6 is 31.9 Å². The van der Waals surface area contributed by atoms with Gasteiger partial charge >= 0.3 is 5.97 Å². The fourth-order valence-corrected chi connectivity index (χ4v) is 5.75. The van der Waals surface area contributed by atoms with E-state index < -0.39 is 6.04 Å². The number of esters is 1. The number of carbonyl (C=O) groups is 1. The van der Waals surface area contributed by atoms with Gasteiger partial charge in [-0.15, -0.1) is 0 Å². The molecule has 0 aliphatic carbocycles. The quantitative estimate of drug-likeness (QED) is 0.189. The molecule has 6 nitrogen and oxygen atoms in total. The fraction of sp³-hybridized carbons (Fsp3) is 0.182. The summed E-state index contributed by atoms with van der Waals surface area (Å²) in [6.07, 6.45) is 0.537. The van der Waals surface area contributed by atoms with Crippen LogP contribution in [0.4, 0.5) is 11.4 Å². The van der Waals surface area contributed by atoms with Gasteiger partial charge in [0.2, 0.25) is 0 Å². The predicted octanol–water partition coefficient (Wildman–Crippen LogP) is 8.46. The van der Waals surface area contributed by atoms with Crippen LogP contribution in [0.2, 0.25) is 0 Å². The van der Waals surface area contributed by atoms with Gasteiger partial charge in [-0.2, -0.15) is 0 Å². The number of halogens is 2. The van der Waals surface area contributed by atoms with Crippen LogP contribution in [-0.4, -0.2) is 27.3 Å². The highest BCUT2D eigenvalue weighted by molar-refractivity contribution is 9.10. The molecule has 0 amide bonds. The normalized spacial score (nSPS) is 16.8. The molecular weight excluding hydrogens is 648 g/mol. The van der Waals surface area contributed by atoms with E-state index in [2.05, 4.69) is 66.3 Å². The summed E-state index contributed by atoms with van der Waals surface area (Å²) in [4.78, 5) is 16.0. The lowest BCUT2D eigenvalue weighted by atomic mass is 9.84. The molecule has 0 radical (unpaired) electrons. The maximum Gasteiger partial charge on any atom is 0.337 e. The summed E-state index contributed by atoms with van der Waals surface area (Å²) in [5.41, 5.74) is 5.22. The smallest absolute Gasteiger partial charge is 0.337 e. The van der Waals surface area contributed by atoms with Crippen molar-refractivity contribution in [2.24, 2.45) is 0 Å². The van der Waals surface area contributed by atoms with Crippen LogP contribution in [0.3, 0.4) is 0 Å². The fourth-order valence-electron chi connectivity index (χ4n) is 5.22. The Morgan fingerprint density at radius 1 is 0.732 bits per heavy atom. The van der Waals surface area contributed by atoms with Crippen LogP contribution in [-0.2, 0) is 9.53 Å². The number of benzene rings is 4. The van der Waals surface area contributed by atoms with E-state index in [0.717, 1.165) is 48.6 Å². The molecule has 0 bridgehead atoms. The molecule has 1 heterocycles. The highest BCUT2D eigenvalue weighted by atomic mass is 79.9. The molecule has 1 aliphatic heterocycles. The van der Waals surface area contributed by atoms with Gasteiger partial charge in [0.05, 0.1) is 39.0 Å². The largest absolute Gasteiger partial charge is 0.497 e. The second-order valence-electron chi connectivity index (χ2n) is 9.57. The van der Waals surface area contributed by atoms with Gasteiger partial charge in [-0.05, 0) is 83.9 Å². The summed E-state index contributed by atoms with van der Waals surface area (Å²) in [6.45, 7) is 0. The first-order chi connectivity index (χ1) is 19.9. The molecular formula is C33H30Br2N2O4. The highest BCUT2D eigenvalue weighted by Crippen LogP contribution is 2.48. The third-order valence-electron chi connectivity index (χ3n) is 7.21. The Balaban J connectivity index is 1.76. The van der Waals surface area contributed by atoms with E-state index in [9.17, 15) is 4.79 Å². The number of anilines is 2. The molecule has 0 fully saturated rings. The molecule has 0 saturated heterocycles. The Bertz CT molecular complexity index is 1520. The van der Waals surface area contributed by atoms with E-state index in [1.165, 1.54) is 7.11 Å².